The topological polar surface area (TPSA) is 117 Å². The van der Waals surface area contributed by atoms with Crippen LogP contribution in [0.2, 0.25) is 0 Å². The van der Waals surface area contributed by atoms with E-state index >= 15 is 0 Å². The minimum Gasteiger partial charge on any atom is -0.497 e. The molecule has 1 aliphatic carbocycles. The number of hydrogen-bond donors (Lipinski definition) is 3. The molecule has 0 radical (unpaired) electrons. The summed E-state index contributed by atoms with van der Waals surface area (Å²) < 4.78 is 18.6. The lowest BCUT2D eigenvalue weighted by Gasteiger charge is -2.37. The van der Waals surface area contributed by atoms with Crippen LogP contribution in [-0.4, -0.2) is 68.0 Å². The summed E-state index contributed by atoms with van der Waals surface area (Å²) in [5.74, 6) is -0.519. The van der Waals surface area contributed by atoms with E-state index in [0.29, 0.717) is 54.3 Å². The first-order chi connectivity index (χ1) is 20.3. The van der Waals surface area contributed by atoms with Crippen LogP contribution in [0.1, 0.15) is 56.8 Å². The number of ether oxygens (including phenoxy) is 1. The number of rotatable bonds is 7. The van der Waals surface area contributed by atoms with E-state index < -0.39 is 0 Å². The van der Waals surface area contributed by atoms with Crippen LogP contribution >= 0.6 is 0 Å². The number of benzene rings is 3. The van der Waals surface area contributed by atoms with E-state index in [0.717, 1.165) is 31.4 Å². The number of nitrogens with zero attached hydrogens (tertiary/aromatic N) is 2. The van der Waals surface area contributed by atoms with Gasteiger partial charge >= 0.3 is 0 Å². The van der Waals surface area contributed by atoms with Crippen molar-refractivity contribution in [3.63, 3.8) is 0 Å². The zero-order chi connectivity index (χ0) is 29.6. The van der Waals surface area contributed by atoms with Gasteiger partial charge in [-0.1, -0.05) is 6.07 Å². The van der Waals surface area contributed by atoms with Crippen molar-refractivity contribution in [2.45, 2.75) is 37.8 Å². The molecule has 1 heterocycles. The third-order valence-electron chi connectivity index (χ3n) is 7.94. The fraction of sp³-hybridized carbons (Fsp3) is 0.344. The lowest BCUT2D eigenvalue weighted by molar-refractivity contribution is 0.0746. The van der Waals surface area contributed by atoms with Gasteiger partial charge in [0.25, 0.3) is 17.7 Å². The Morgan fingerprint density at radius 1 is 0.833 bits per heavy atom. The van der Waals surface area contributed by atoms with Crippen LogP contribution in [0.3, 0.4) is 0 Å². The molecule has 2 fully saturated rings. The monoisotopic (exact) mass is 573 g/mol. The second kappa shape index (κ2) is 13.0. The van der Waals surface area contributed by atoms with Gasteiger partial charge in [0.15, 0.2) is 0 Å². The van der Waals surface area contributed by atoms with Gasteiger partial charge in [-0.3, -0.25) is 14.4 Å². The van der Waals surface area contributed by atoms with Crippen molar-refractivity contribution in [1.29, 1.82) is 0 Å². The van der Waals surface area contributed by atoms with Crippen molar-refractivity contribution >= 4 is 29.1 Å². The second-order valence-electron chi connectivity index (χ2n) is 10.8. The number of nitrogens with two attached hydrogens (primary N) is 1. The van der Waals surface area contributed by atoms with Crippen molar-refractivity contribution < 1.29 is 23.5 Å². The van der Waals surface area contributed by atoms with Crippen LogP contribution in [-0.2, 0) is 0 Å². The maximum Gasteiger partial charge on any atom is 0.255 e. The van der Waals surface area contributed by atoms with E-state index in [2.05, 4.69) is 15.5 Å². The fourth-order valence-electron chi connectivity index (χ4n) is 5.47. The molecule has 0 unspecified atom stereocenters. The summed E-state index contributed by atoms with van der Waals surface area (Å²) in [6.07, 6.45) is 3.43. The van der Waals surface area contributed by atoms with Gasteiger partial charge < -0.3 is 30.9 Å². The van der Waals surface area contributed by atoms with Crippen molar-refractivity contribution in [2.24, 2.45) is 5.73 Å². The summed E-state index contributed by atoms with van der Waals surface area (Å²) in [6.45, 7) is 1.93. The molecule has 220 valence electrons. The number of amides is 3. The van der Waals surface area contributed by atoms with Gasteiger partial charge in [-0.05, 0) is 86.3 Å². The molecular weight excluding hydrogens is 537 g/mol. The third-order valence-corrected chi connectivity index (χ3v) is 7.94. The van der Waals surface area contributed by atoms with E-state index in [9.17, 15) is 18.8 Å². The zero-order valence-electron chi connectivity index (χ0n) is 23.6. The highest BCUT2D eigenvalue weighted by molar-refractivity contribution is 6.07. The number of piperazine rings is 1. The van der Waals surface area contributed by atoms with Crippen molar-refractivity contribution in [3.05, 3.63) is 89.2 Å². The van der Waals surface area contributed by atoms with Crippen LogP contribution < -0.4 is 26.0 Å². The summed E-state index contributed by atoms with van der Waals surface area (Å²) in [7, 11) is 1.54. The maximum absolute atomic E-state index is 13.3. The Hall–Kier alpha value is -4.44. The van der Waals surface area contributed by atoms with E-state index in [-0.39, 0.29) is 35.6 Å². The van der Waals surface area contributed by atoms with Crippen LogP contribution in [0.5, 0.6) is 5.75 Å². The van der Waals surface area contributed by atoms with E-state index in [1.54, 1.807) is 41.3 Å². The Kier molecular flexibility index (Phi) is 9.02. The minimum atomic E-state index is -0.389. The van der Waals surface area contributed by atoms with Gasteiger partial charge in [0.2, 0.25) is 0 Å². The number of anilines is 2. The van der Waals surface area contributed by atoms with Crippen LogP contribution in [0, 0.1) is 5.82 Å². The van der Waals surface area contributed by atoms with Gasteiger partial charge in [-0.15, -0.1) is 0 Å². The molecule has 3 aromatic rings. The molecule has 0 spiro atoms. The van der Waals surface area contributed by atoms with Gasteiger partial charge in [0.05, 0.1) is 18.5 Å². The molecule has 0 bridgehead atoms. The number of hydrogen-bond acceptors (Lipinski definition) is 6. The first-order valence-electron chi connectivity index (χ1n) is 14.3. The number of nitrogens with one attached hydrogen (secondary N) is 2. The maximum atomic E-state index is 13.3. The molecule has 3 amide bonds. The largest absolute Gasteiger partial charge is 0.497 e. The van der Waals surface area contributed by atoms with Gasteiger partial charge in [-0.25, -0.2) is 4.39 Å². The van der Waals surface area contributed by atoms with Crippen molar-refractivity contribution in [1.82, 2.24) is 10.2 Å². The zero-order valence-corrected chi connectivity index (χ0v) is 23.6. The van der Waals surface area contributed by atoms with Crippen LogP contribution in [0.4, 0.5) is 15.8 Å². The number of carbonyl (C=O) groups excluding carboxylic acids is 3. The number of methoxy groups -OCH3 is 1. The molecule has 10 heteroatoms. The summed E-state index contributed by atoms with van der Waals surface area (Å²) in [4.78, 5) is 43.2. The van der Waals surface area contributed by atoms with Crippen molar-refractivity contribution in [3.8, 4) is 5.75 Å². The Bertz CT molecular complexity index is 1430. The van der Waals surface area contributed by atoms with Crippen LogP contribution in [0.25, 0.3) is 0 Å². The average Bonchev–Trinajstić information content (AvgIpc) is 3.02. The van der Waals surface area contributed by atoms with Crippen molar-refractivity contribution in [2.75, 3.05) is 43.5 Å². The van der Waals surface area contributed by atoms with Gasteiger partial charge in [0.1, 0.15) is 11.6 Å². The quantitative estimate of drug-likeness (QED) is 0.393. The summed E-state index contributed by atoms with van der Waals surface area (Å²) in [5, 5.41) is 6.11. The highest BCUT2D eigenvalue weighted by Gasteiger charge is 2.26. The smallest absolute Gasteiger partial charge is 0.255 e. The molecule has 1 saturated heterocycles. The van der Waals surface area contributed by atoms with E-state index in [4.69, 9.17) is 10.5 Å². The highest BCUT2D eigenvalue weighted by Crippen LogP contribution is 2.30. The molecular formula is C32H36FN5O4. The van der Waals surface area contributed by atoms with Gasteiger partial charge in [-0.2, -0.15) is 0 Å². The molecule has 0 atom stereocenters. The molecule has 9 nitrogen and oxygen atoms in total. The third kappa shape index (κ3) is 6.88. The Labute approximate surface area is 244 Å². The first kappa shape index (κ1) is 29.1. The molecule has 5 rings (SSSR count). The molecule has 42 heavy (non-hydrogen) atoms. The number of carbonyl (C=O) groups is 3. The number of halogens is 1. The first-order valence-corrected chi connectivity index (χ1v) is 14.3. The molecule has 2 aliphatic rings. The summed E-state index contributed by atoms with van der Waals surface area (Å²) in [6, 6.07) is 17.9. The molecule has 4 N–H and O–H groups in total. The van der Waals surface area contributed by atoms with E-state index in [1.807, 2.05) is 6.07 Å². The predicted octanol–water partition coefficient (Wildman–Crippen LogP) is 4.05. The molecule has 0 aromatic heterocycles. The Morgan fingerprint density at radius 2 is 1.50 bits per heavy atom. The Morgan fingerprint density at radius 3 is 2.19 bits per heavy atom. The molecule has 3 aromatic carbocycles. The molecule has 1 aliphatic heterocycles. The second-order valence-corrected chi connectivity index (χ2v) is 10.8. The van der Waals surface area contributed by atoms with E-state index in [1.165, 1.54) is 31.4 Å². The summed E-state index contributed by atoms with van der Waals surface area (Å²) >= 11 is 0. The summed E-state index contributed by atoms with van der Waals surface area (Å²) in [5.41, 5.74) is 8.57. The van der Waals surface area contributed by atoms with Gasteiger partial charge in [0, 0.05) is 55.0 Å². The Balaban J connectivity index is 1.34. The minimum absolute atomic E-state index is 0.0681. The SMILES string of the molecule is COc1cccc(C(=O)Nc2cc(C(=O)NC3CCC(N)CC3)ccc2N2CCN(C(=O)c3ccc(F)cc3)CC2)c1. The highest BCUT2D eigenvalue weighted by atomic mass is 19.1. The standard InChI is InChI=1S/C32H36FN5O4/c1-42-27-4-2-3-22(19-27)31(40)36-28-20-23(30(39)35-26-12-10-25(34)11-13-26)7-14-29(28)37-15-17-38(18-16-37)32(41)21-5-8-24(33)9-6-21/h2-9,14,19-20,25-26H,10-13,15-18,34H2,1H3,(H,35,39)(H,36,40). The fourth-order valence-corrected chi connectivity index (χ4v) is 5.47. The lowest BCUT2D eigenvalue weighted by Crippen LogP contribution is -2.49. The molecule has 1 saturated carbocycles. The lowest BCUT2D eigenvalue weighted by atomic mass is 9.91. The van der Waals surface area contributed by atoms with Crippen LogP contribution in [0.15, 0.2) is 66.7 Å². The normalized spacial score (nSPS) is 18.7. The average molecular weight is 574 g/mol. The predicted molar refractivity (Wildman–Crippen MR) is 160 cm³/mol.